The summed E-state index contributed by atoms with van der Waals surface area (Å²) in [7, 11) is 1.31. The predicted octanol–water partition coefficient (Wildman–Crippen LogP) is 3.91. The van der Waals surface area contributed by atoms with Gasteiger partial charge in [0.2, 0.25) is 0 Å². The van der Waals surface area contributed by atoms with Gasteiger partial charge in [-0.3, -0.25) is 14.9 Å². The number of rotatable bonds is 8. The number of aromatic nitrogens is 1. The maximum absolute atomic E-state index is 12.2. The molecule has 33 heavy (non-hydrogen) atoms. The summed E-state index contributed by atoms with van der Waals surface area (Å²) in [5.74, 6) is 0.457. The Balaban J connectivity index is 1.92. The number of hydrogen-bond donors (Lipinski definition) is 1. The Morgan fingerprint density at radius 2 is 1.97 bits per heavy atom. The number of pyridine rings is 1. The van der Waals surface area contributed by atoms with Gasteiger partial charge in [-0.15, -0.1) is 0 Å². The van der Waals surface area contributed by atoms with Crippen LogP contribution < -0.4 is 5.56 Å². The highest BCUT2D eigenvalue weighted by atomic mass is 16.6. The van der Waals surface area contributed by atoms with Crippen molar-refractivity contribution in [1.29, 1.82) is 5.26 Å². The number of nitrogens with one attached hydrogen (secondary N) is 1. The largest absolute Gasteiger partial charge is 0.462 e. The smallest absolute Gasteiger partial charge is 0.338 e. The van der Waals surface area contributed by atoms with Gasteiger partial charge in [0, 0.05) is 12.7 Å². The van der Waals surface area contributed by atoms with E-state index in [4.69, 9.17) is 13.9 Å². The molecule has 0 aliphatic heterocycles. The first-order valence-electron chi connectivity index (χ1n) is 9.77. The third-order valence-electron chi connectivity index (χ3n) is 4.62. The van der Waals surface area contributed by atoms with E-state index in [0.717, 1.165) is 0 Å². The van der Waals surface area contributed by atoms with Crippen LogP contribution in [0.15, 0.2) is 45.6 Å². The quantitative estimate of drug-likeness (QED) is 0.309. The van der Waals surface area contributed by atoms with Crippen LogP contribution in [0.5, 0.6) is 0 Å². The second-order valence-corrected chi connectivity index (χ2v) is 6.71. The lowest BCUT2D eigenvalue weighted by atomic mass is 10.1. The molecule has 0 atom stereocenters. The van der Waals surface area contributed by atoms with Gasteiger partial charge in [-0.1, -0.05) is 12.1 Å². The summed E-state index contributed by atoms with van der Waals surface area (Å²) in [6.45, 7) is 1.74. The molecule has 0 bridgehead atoms. The molecule has 10 nitrogen and oxygen atoms in total. The molecular weight excluding hydrogens is 430 g/mol. The van der Waals surface area contributed by atoms with Crippen molar-refractivity contribution >= 4 is 23.8 Å². The summed E-state index contributed by atoms with van der Waals surface area (Å²) in [6.07, 6.45) is 2.78. The van der Waals surface area contributed by atoms with Crippen LogP contribution >= 0.6 is 0 Å². The number of furan rings is 1. The van der Waals surface area contributed by atoms with Gasteiger partial charge in [0.05, 0.1) is 29.3 Å². The number of hydrogen-bond acceptors (Lipinski definition) is 8. The number of aromatic amines is 1. The number of esters is 1. The molecule has 0 radical (unpaired) electrons. The fourth-order valence-electron chi connectivity index (χ4n) is 3.14. The molecule has 0 saturated carbocycles. The van der Waals surface area contributed by atoms with E-state index in [-0.39, 0.29) is 30.0 Å². The Hall–Kier alpha value is -4.49. The van der Waals surface area contributed by atoms with E-state index in [0.29, 0.717) is 22.6 Å². The van der Waals surface area contributed by atoms with Crippen LogP contribution in [0.2, 0.25) is 0 Å². The number of nitrogens with zero attached hydrogens (tertiary/aromatic N) is 2. The molecule has 2 heterocycles. The Morgan fingerprint density at radius 1 is 1.24 bits per heavy atom. The van der Waals surface area contributed by atoms with Crippen molar-refractivity contribution in [2.24, 2.45) is 0 Å². The van der Waals surface area contributed by atoms with Crippen molar-refractivity contribution in [3.8, 4) is 17.4 Å². The highest BCUT2D eigenvalue weighted by molar-refractivity contribution is 5.90. The molecule has 3 aromatic rings. The highest BCUT2D eigenvalue weighted by Gasteiger charge is 2.25. The zero-order valence-corrected chi connectivity index (χ0v) is 17.8. The molecule has 0 fully saturated rings. The van der Waals surface area contributed by atoms with Crippen LogP contribution in [0, 0.1) is 21.4 Å². The molecule has 0 unspecified atom stereocenters. The van der Waals surface area contributed by atoms with Crippen molar-refractivity contribution < 1.29 is 23.6 Å². The molecular formula is C23H19N3O7. The van der Waals surface area contributed by atoms with Crippen molar-refractivity contribution in [2.75, 3.05) is 13.7 Å². The van der Waals surface area contributed by atoms with Crippen molar-refractivity contribution in [3.05, 3.63) is 85.0 Å². The van der Waals surface area contributed by atoms with Crippen LogP contribution in [0.25, 0.3) is 23.5 Å². The maximum Gasteiger partial charge on any atom is 0.338 e. The number of H-pyrrole nitrogens is 1. The minimum atomic E-state index is -0.753. The van der Waals surface area contributed by atoms with Gasteiger partial charge in [-0.25, -0.2) is 4.79 Å². The molecule has 10 heteroatoms. The van der Waals surface area contributed by atoms with Crippen molar-refractivity contribution in [3.63, 3.8) is 0 Å². The van der Waals surface area contributed by atoms with Crippen LogP contribution in [-0.2, 0) is 16.1 Å². The van der Waals surface area contributed by atoms with Gasteiger partial charge in [0.25, 0.3) is 11.2 Å². The third kappa shape index (κ3) is 5.06. The Bertz CT molecular complexity index is 1310. The number of methoxy groups -OCH3 is 1. The Morgan fingerprint density at radius 3 is 2.58 bits per heavy atom. The fraction of sp³-hybridized carbons (Fsp3) is 0.174. The molecule has 1 aromatic carbocycles. The first kappa shape index (κ1) is 23.2. The maximum atomic E-state index is 12.2. The second kappa shape index (κ2) is 10.2. The molecule has 2 aromatic heterocycles. The van der Waals surface area contributed by atoms with Gasteiger partial charge in [0.15, 0.2) is 0 Å². The Labute approximate surface area is 187 Å². The molecule has 0 saturated heterocycles. The molecule has 0 spiro atoms. The van der Waals surface area contributed by atoms with Gasteiger partial charge in [-0.2, -0.15) is 5.26 Å². The lowest BCUT2D eigenvalue weighted by Crippen LogP contribution is -2.18. The van der Waals surface area contributed by atoms with E-state index in [1.807, 2.05) is 0 Å². The van der Waals surface area contributed by atoms with E-state index in [1.54, 1.807) is 49.4 Å². The van der Waals surface area contributed by atoms with E-state index >= 15 is 0 Å². The molecule has 0 amide bonds. The summed E-state index contributed by atoms with van der Waals surface area (Å²) >= 11 is 0. The van der Waals surface area contributed by atoms with Gasteiger partial charge in [-0.05, 0) is 43.3 Å². The summed E-state index contributed by atoms with van der Waals surface area (Å²) in [6, 6.07) is 11.7. The number of nitriles is 1. The summed E-state index contributed by atoms with van der Waals surface area (Å²) in [5.41, 5.74) is -0.614. The standard InChI is InChI=1S/C23H19N3O7/c1-3-32-23(28)15-6-4-14(5-7-15)20-11-9-16(33-20)8-10-19-21(26(29)30)18(13-31-2)17(12-24)22(27)25-19/h4-11H,3,13H2,1-2H3,(H,25,27)/b10-8+. The topological polar surface area (TPSA) is 148 Å². The average Bonchev–Trinajstić information content (AvgIpc) is 3.27. The van der Waals surface area contributed by atoms with Gasteiger partial charge in [0.1, 0.15) is 28.8 Å². The van der Waals surface area contributed by atoms with Crippen LogP contribution in [0.3, 0.4) is 0 Å². The fourth-order valence-corrected chi connectivity index (χ4v) is 3.14. The SMILES string of the molecule is CCOC(=O)c1ccc(-c2ccc(/C=C/c3[nH]c(=O)c(C#N)c(COC)c3[N+](=O)[O-])o2)cc1. The lowest BCUT2D eigenvalue weighted by Gasteiger charge is -2.06. The minimum Gasteiger partial charge on any atom is -0.462 e. The lowest BCUT2D eigenvalue weighted by molar-refractivity contribution is -0.386. The molecule has 0 aliphatic rings. The second-order valence-electron chi connectivity index (χ2n) is 6.71. The third-order valence-corrected chi connectivity index (χ3v) is 4.62. The normalized spacial score (nSPS) is 10.8. The van der Waals surface area contributed by atoms with E-state index in [1.165, 1.54) is 19.3 Å². The number of carbonyl (C=O) groups is 1. The molecule has 1 N–H and O–H groups in total. The number of carbonyl (C=O) groups excluding carboxylic acids is 1. The number of nitro groups is 1. The first-order chi connectivity index (χ1) is 15.9. The highest BCUT2D eigenvalue weighted by Crippen LogP contribution is 2.27. The zero-order valence-electron chi connectivity index (χ0n) is 17.8. The van der Waals surface area contributed by atoms with E-state index < -0.39 is 22.1 Å². The molecule has 0 aliphatic carbocycles. The number of benzene rings is 1. The van der Waals surface area contributed by atoms with Crippen LogP contribution in [-0.4, -0.2) is 29.6 Å². The van der Waals surface area contributed by atoms with E-state index in [2.05, 4.69) is 4.98 Å². The number of ether oxygens (including phenoxy) is 2. The summed E-state index contributed by atoms with van der Waals surface area (Å²) < 4.78 is 15.6. The van der Waals surface area contributed by atoms with Gasteiger partial charge >= 0.3 is 5.97 Å². The minimum absolute atomic E-state index is 0.0900. The zero-order chi connectivity index (χ0) is 24.0. The molecule has 3 rings (SSSR count). The van der Waals surface area contributed by atoms with Crippen molar-refractivity contribution in [2.45, 2.75) is 13.5 Å². The van der Waals surface area contributed by atoms with Crippen LogP contribution in [0.4, 0.5) is 5.69 Å². The first-order valence-corrected chi connectivity index (χ1v) is 9.77. The predicted molar refractivity (Wildman–Crippen MR) is 118 cm³/mol. The van der Waals surface area contributed by atoms with E-state index in [9.17, 15) is 25.0 Å². The Kier molecular flexibility index (Phi) is 7.17. The molecule has 168 valence electrons. The van der Waals surface area contributed by atoms with Crippen LogP contribution in [0.1, 0.15) is 39.9 Å². The summed E-state index contributed by atoms with van der Waals surface area (Å²) in [4.78, 5) is 37.3. The monoisotopic (exact) mass is 449 g/mol. The summed E-state index contributed by atoms with van der Waals surface area (Å²) in [5, 5.41) is 20.9. The average molecular weight is 449 g/mol. The van der Waals surface area contributed by atoms with Crippen molar-refractivity contribution in [1.82, 2.24) is 4.98 Å². The van der Waals surface area contributed by atoms with Gasteiger partial charge < -0.3 is 18.9 Å².